The molecule has 0 radical (unpaired) electrons. The molecule has 1 aliphatic heterocycles. The van der Waals surface area contributed by atoms with Crippen molar-refractivity contribution in [3.05, 3.63) is 35.5 Å². The van der Waals surface area contributed by atoms with Gasteiger partial charge in [-0.2, -0.15) is 5.26 Å². The molecule has 1 aromatic rings. The minimum atomic E-state index is 0.589. The Kier molecular flexibility index (Phi) is 3.52. The number of rotatable bonds is 3. The lowest BCUT2D eigenvalue weighted by Crippen LogP contribution is -2.23. The second kappa shape index (κ2) is 5.29. The molecule has 0 aliphatic carbocycles. The van der Waals surface area contributed by atoms with Crippen molar-refractivity contribution in [3.63, 3.8) is 0 Å². The highest BCUT2D eigenvalue weighted by Crippen LogP contribution is 2.08. The van der Waals surface area contributed by atoms with Gasteiger partial charge in [0, 0.05) is 19.3 Å². The van der Waals surface area contributed by atoms with Crippen LogP contribution in [-0.4, -0.2) is 24.6 Å². The molecule has 2 N–H and O–H groups in total. The molecule has 0 spiro atoms. The monoisotopic (exact) mass is 214 g/mol. The van der Waals surface area contributed by atoms with E-state index in [1.54, 1.807) is 12.3 Å². The third-order valence-corrected chi connectivity index (χ3v) is 2.55. The summed E-state index contributed by atoms with van der Waals surface area (Å²) in [4.78, 5) is 4.16. The van der Waals surface area contributed by atoms with E-state index in [0.29, 0.717) is 5.56 Å². The number of anilines is 1. The van der Waals surface area contributed by atoms with Crippen LogP contribution in [0.15, 0.2) is 30.0 Å². The van der Waals surface area contributed by atoms with Gasteiger partial charge in [-0.05, 0) is 25.1 Å². The average molecular weight is 214 g/mol. The minimum absolute atomic E-state index is 0.589. The molecule has 0 unspecified atom stereocenters. The van der Waals surface area contributed by atoms with Gasteiger partial charge in [-0.15, -0.1) is 0 Å². The zero-order chi connectivity index (χ0) is 11.2. The Hall–Kier alpha value is -1.86. The quantitative estimate of drug-likeness (QED) is 0.744. The van der Waals surface area contributed by atoms with Gasteiger partial charge in [0.2, 0.25) is 0 Å². The number of nitrogens with zero attached hydrogens (tertiary/aromatic N) is 2. The summed E-state index contributed by atoms with van der Waals surface area (Å²) in [6.45, 7) is 2.84. The van der Waals surface area contributed by atoms with E-state index in [4.69, 9.17) is 5.26 Å². The van der Waals surface area contributed by atoms with Crippen LogP contribution < -0.4 is 10.6 Å². The fraction of sp³-hybridized carbons (Fsp3) is 0.333. The number of nitrogens with one attached hydrogen (secondary N) is 2. The summed E-state index contributed by atoms with van der Waals surface area (Å²) in [5.41, 5.74) is 2.00. The standard InChI is InChI=1S/C12H14N4/c13-7-11-1-2-12(16-9-11)15-8-10-3-5-14-6-4-10/h1-3,9,14H,4-6,8H2,(H,15,16). The molecule has 4 heteroatoms. The summed E-state index contributed by atoms with van der Waals surface area (Å²) in [7, 11) is 0. The van der Waals surface area contributed by atoms with Crippen LogP contribution in [0.25, 0.3) is 0 Å². The summed E-state index contributed by atoms with van der Waals surface area (Å²) >= 11 is 0. The van der Waals surface area contributed by atoms with Crippen LogP contribution in [0.2, 0.25) is 0 Å². The summed E-state index contributed by atoms with van der Waals surface area (Å²) < 4.78 is 0. The maximum atomic E-state index is 8.64. The molecule has 0 aromatic carbocycles. The fourth-order valence-corrected chi connectivity index (χ4v) is 1.60. The normalized spacial score (nSPS) is 15.1. The van der Waals surface area contributed by atoms with Crippen LogP contribution in [0.5, 0.6) is 0 Å². The van der Waals surface area contributed by atoms with Crippen LogP contribution >= 0.6 is 0 Å². The van der Waals surface area contributed by atoms with Gasteiger partial charge in [0.25, 0.3) is 0 Å². The molecule has 82 valence electrons. The molecular weight excluding hydrogens is 200 g/mol. The minimum Gasteiger partial charge on any atom is -0.366 e. The number of nitriles is 1. The van der Waals surface area contributed by atoms with Crippen molar-refractivity contribution < 1.29 is 0 Å². The highest BCUT2D eigenvalue weighted by atomic mass is 15.0. The van der Waals surface area contributed by atoms with Crippen molar-refractivity contribution >= 4 is 5.82 Å². The molecule has 0 bridgehead atoms. The van der Waals surface area contributed by atoms with E-state index in [9.17, 15) is 0 Å². The van der Waals surface area contributed by atoms with Crippen molar-refractivity contribution in [2.24, 2.45) is 0 Å². The van der Waals surface area contributed by atoms with Crippen molar-refractivity contribution in [2.45, 2.75) is 6.42 Å². The molecule has 0 amide bonds. The Balaban J connectivity index is 1.89. The zero-order valence-corrected chi connectivity index (χ0v) is 9.03. The summed E-state index contributed by atoms with van der Waals surface area (Å²) in [6.07, 6.45) is 4.88. The van der Waals surface area contributed by atoms with Crippen LogP contribution in [0.3, 0.4) is 0 Å². The second-order valence-electron chi connectivity index (χ2n) is 3.71. The Labute approximate surface area is 95.0 Å². The molecule has 0 saturated carbocycles. The van der Waals surface area contributed by atoms with Crippen molar-refractivity contribution in [2.75, 3.05) is 25.0 Å². The van der Waals surface area contributed by atoms with Gasteiger partial charge >= 0.3 is 0 Å². The number of hydrogen-bond acceptors (Lipinski definition) is 4. The van der Waals surface area contributed by atoms with E-state index in [0.717, 1.165) is 31.9 Å². The summed E-state index contributed by atoms with van der Waals surface area (Å²) in [5.74, 6) is 0.818. The van der Waals surface area contributed by atoms with Gasteiger partial charge in [0.1, 0.15) is 11.9 Å². The van der Waals surface area contributed by atoms with Crippen molar-refractivity contribution in [1.82, 2.24) is 10.3 Å². The van der Waals surface area contributed by atoms with Crippen LogP contribution in [0.1, 0.15) is 12.0 Å². The Bertz CT molecular complexity index is 414. The lowest BCUT2D eigenvalue weighted by molar-refractivity contribution is 0.698. The van der Waals surface area contributed by atoms with Gasteiger partial charge in [-0.25, -0.2) is 4.98 Å². The number of aromatic nitrogens is 1. The van der Waals surface area contributed by atoms with Crippen molar-refractivity contribution in [3.8, 4) is 6.07 Å². The largest absolute Gasteiger partial charge is 0.366 e. The van der Waals surface area contributed by atoms with Gasteiger partial charge in [0.05, 0.1) is 5.56 Å². The van der Waals surface area contributed by atoms with Crippen LogP contribution in [0, 0.1) is 11.3 Å². The van der Waals surface area contributed by atoms with Crippen LogP contribution in [0.4, 0.5) is 5.82 Å². The lowest BCUT2D eigenvalue weighted by Gasteiger charge is -2.14. The van der Waals surface area contributed by atoms with E-state index in [1.165, 1.54) is 5.57 Å². The lowest BCUT2D eigenvalue weighted by atomic mass is 10.1. The number of hydrogen-bond donors (Lipinski definition) is 2. The second-order valence-corrected chi connectivity index (χ2v) is 3.71. The van der Waals surface area contributed by atoms with E-state index in [1.807, 2.05) is 12.1 Å². The third kappa shape index (κ3) is 2.81. The van der Waals surface area contributed by atoms with Crippen molar-refractivity contribution in [1.29, 1.82) is 5.26 Å². The topological polar surface area (TPSA) is 60.7 Å². The molecule has 1 aliphatic rings. The fourth-order valence-electron chi connectivity index (χ4n) is 1.60. The van der Waals surface area contributed by atoms with Crippen LogP contribution in [-0.2, 0) is 0 Å². The van der Waals surface area contributed by atoms with E-state index in [-0.39, 0.29) is 0 Å². The third-order valence-electron chi connectivity index (χ3n) is 2.55. The Morgan fingerprint density at radius 1 is 1.50 bits per heavy atom. The average Bonchev–Trinajstić information content (AvgIpc) is 2.38. The maximum Gasteiger partial charge on any atom is 0.126 e. The van der Waals surface area contributed by atoms with Gasteiger partial charge in [-0.3, -0.25) is 0 Å². The number of pyridine rings is 1. The van der Waals surface area contributed by atoms with E-state index < -0.39 is 0 Å². The molecular formula is C12H14N4. The molecule has 0 saturated heterocycles. The summed E-state index contributed by atoms with van der Waals surface area (Å²) in [6, 6.07) is 5.65. The highest BCUT2D eigenvalue weighted by Gasteiger charge is 2.02. The first kappa shape index (κ1) is 10.7. The van der Waals surface area contributed by atoms with Gasteiger partial charge < -0.3 is 10.6 Å². The summed E-state index contributed by atoms with van der Waals surface area (Å²) in [5, 5.41) is 15.2. The smallest absolute Gasteiger partial charge is 0.126 e. The van der Waals surface area contributed by atoms with Gasteiger partial charge in [-0.1, -0.05) is 11.6 Å². The Morgan fingerprint density at radius 2 is 2.44 bits per heavy atom. The molecule has 4 nitrogen and oxygen atoms in total. The molecule has 16 heavy (non-hydrogen) atoms. The SMILES string of the molecule is N#Cc1ccc(NCC2=CCNCC2)nc1. The van der Waals surface area contributed by atoms with E-state index in [2.05, 4.69) is 21.7 Å². The molecule has 1 aromatic heterocycles. The molecule has 0 fully saturated rings. The first-order valence-corrected chi connectivity index (χ1v) is 5.37. The predicted octanol–water partition coefficient (Wildman–Crippen LogP) is 1.28. The molecule has 2 rings (SSSR count). The first-order valence-electron chi connectivity index (χ1n) is 5.37. The Morgan fingerprint density at radius 3 is 3.06 bits per heavy atom. The van der Waals surface area contributed by atoms with Gasteiger partial charge in [0.15, 0.2) is 0 Å². The van der Waals surface area contributed by atoms with E-state index >= 15 is 0 Å². The zero-order valence-electron chi connectivity index (χ0n) is 9.03. The predicted molar refractivity (Wildman–Crippen MR) is 63.0 cm³/mol. The maximum absolute atomic E-state index is 8.64. The first-order chi connectivity index (χ1) is 7.88. The highest BCUT2D eigenvalue weighted by molar-refractivity contribution is 5.40. The molecule has 2 heterocycles. The molecule has 0 atom stereocenters.